The van der Waals surface area contributed by atoms with Gasteiger partial charge in [-0.2, -0.15) is 5.10 Å². The predicted molar refractivity (Wildman–Crippen MR) is 144 cm³/mol. The molecule has 2 aromatic carbocycles. The third-order valence-corrected chi connectivity index (χ3v) is 5.58. The highest BCUT2D eigenvalue weighted by Gasteiger charge is 2.24. The van der Waals surface area contributed by atoms with Crippen molar-refractivity contribution < 1.29 is 14.3 Å². The fourth-order valence-corrected chi connectivity index (χ4v) is 3.85. The van der Waals surface area contributed by atoms with Gasteiger partial charge in [0.25, 0.3) is 0 Å². The average Bonchev–Trinajstić information content (AvgIpc) is 3.16. The van der Waals surface area contributed by atoms with Crippen LogP contribution in [0.15, 0.2) is 54.6 Å². The third kappa shape index (κ3) is 6.87. The molecule has 0 bridgehead atoms. The molecule has 36 heavy (non-hydrogen) atoms. The van der Waals surface area contributed by atoms with Crippen molar-refractivity contribution in [2.45, 2.75) is 53.0 Å². The van der Waals surface area contributed by atoms with Crippen molar-refractivity contribution in [3.05, 3.63) is 60.3 Å². The minimum absolute atomic E-state index is 0.0665. The summed E-state index contributed by atoms with van der Waals surface area (Å²) in [4.78, 5) is 27.8. The maximum atomic E-state index is 13.3. The number of aromatic nitrogens is 2. The van der Waals surface area contributed by atoms with Crippen LogP contribution in [0.2, 0.25) is 0 Å². The number of carbonyl (C=O) groups is 2. The van der Waals surface area contributed by atoms with E-state index in [1.165, 1.54) is 0 Å². The van der Waals surface area contributed by atoms with Gasteiger partial charge in [0.15, 0.2) is 0 Å². The highest BCUT2D eigenvalue weighted by molar-refractivity contribution is 5.97. The Morgan fingerprint density at radius 1 is 1.06 bits per heavy atom. The zero-order valence-corrected chi connectivity index (χ0v) is 22.1. The Kier molecular flexibility index (Phi) is 8.74. The van der Waals surface area contributed by atoms with E-state index in [2.05, 4.69) is 17.6 Å². The Labute approximate surface area is 213 Å². The highest BCUT2D eigenvalue weighted by atomic mass is 16.5. The minimum Gasteiger partial charge on any atom is -0.497 e. The summed E-state index contributed by atoms with van der Waals surface area (Å²) in [6.45, 7) is 10.2. The van der Waals surface area contributed by atoms with Crippen molar-refractivity contribution in [1.29, 1.82) is 0 Å². The molecule has 0 radical (unpaired) electrons. The van der Waals surface area contributed by atoms with Gasteiger partial charge in [-0.25, -0.2) is 9.48 Å². The molecular formula is C28H37N5O3. The van der Waals surface area contributed by atoms with Crippen molar-refractivity contribution >= 4 is 17.8 Å². The van der Waals surface area contributed by atoms with Crippen molar-refractivity contribution in [2.24, 2.45) is 0 Å². The molecule has 0 spiro atoms. The smallest absolute Gasteiger partial charge is 0.318 e. The first kappa shape index (κ1) is 26.8. The lowest BCUT2D eigenvalue weighted by molar-refractivity contribution is -0.116. The van der Waals surface area contributed by atoms with Crippen LogP contribution in [0.4, 0.5) is 10.6 Å². The molecule has 0 aliphatic carbocycles. The Morgan fingerprint density at radius 3 is 2.31 bits per heavy atom. The molecule has 3 rings (SSSR count). The second-order valence-corrected chi connectivity index (χ2v) is 9.79. The van der Waals surface area contributed by atoms with Gasteiger partial charge in [-0.3, -0.25) is 4.79 Å². The van der Waals surface area contributed by atoms with Crippen molar-refractivity contribution in [1.82, 2.24) is 20.0 Å². The lowest BCUT2D eigenvalue weighted by Gasteiger charge is -2.28. The molecule has 8 nitrogen and oxygen atoms in total. The van der Waals surface area contributed by atoms with E-state index in [9.17, 15) is 9.59 Å². The number of anilines is 1. The standard InChI is InChI=1S/C28H37N5O3/c1-7-8-18-32(27(35)30-28(3,4)5)19-24(34)29-26-25(21-12-10-9-11-13-21)20(2)31-33(26)22-14-16-23(36-6)17-15-22/h9-17H,7-8,18-19H2,1-6H3,(H,29,34)(H,30,35). The molecule has 192 valence electrons. The van der Waals surface area contributed by atoms with E-state index in [1.807, 2.05) is 82.3 Å². The normalized spacial score (nSPS) is 11.2. The lowest BCUT2D eigenvalue weighted by Crippen LogP contribution is -2.50. The van der Waals surface area contributed by atoms with E-state index in [0.717, 1.165) is 41.1 Å². The molecule has 0 aliphatic rings. The molecular weight excluding hydrogens is 454 g/mol. The Bertz CT molecular complexity index is 1160. The molecule has 0 atom stereocenters. The van der Waals surface area contributed by atoms with Crippen LogP contribution in [0.25, 0.3) is 16.8 Å². The first-order chi connectivity index (χ1) is 17.1. The topological polar surface area (TPSA) is 88.5 Å². The Balaban J connectivity index is 1.96. The number of nitrogens with zero attached hydrogens (tertiary/aromatic N) is 3. The van der Waals surface area contributed by atoms with Crippen molar-refractivity contribution in [3.63, 3.8) is 0 Å². The average molecular weight is 492 g/mol. The molecule has 1 heterocycles. The molecule has 8 heteroatoms. The second kappa shape index (κ2) is 11.7. The molecule has 2 N–H and O–H groups in total. The molecule has 3 aromatic rings. The summed E-state index contributed by atoms with van der Waals surface area (Å²) >= 11 is 0. The van der Waals surface area contributed by atoms with Gasteiger partial charge in [-0.1, -0.05) is 43.7 Å². The number of unbranched alkanes of at least 4 members (excludes halogenated alkanes) is 1. The highest BCUT2D eigenvalue weighted by Crippen LogP contribution is 2.33. The molecule has 0 fully saturated rings. The summed E-state index contributed by atoms with van der Waals surface area (Å²) in [5, 5.41) is 10.8. The van der Waals surface area contributed by atoms with E-state index in [1.54, 1.807) is 16.7 Å². The fourth-order valence-electron chi connectivity index (χ4n) is 3.85. The van der Waals surface area contributed by atoms with E-state index >= 15 is 0 Å². The van der Waals surface area contributed by atoms with E-state index < -0.39 is 5.54 Å². The summed E-state index contributed by atoms with van der Waals surface area (Å²) in [5.41, 5.74) is 2.94. The number of aryl methyl sites for hydroxylation is 1. The number of carbonyl (C=O) groups excluding carboxylic acids is 2. The van der Waals surface area contributed by atoms with Crippen LogP contribution in [0.3, 0.4) is 0 Å². The van der Waals surface area contributed by atoms with Gasteiger partial charge in [0, 0.05) is 17.6 Å². The summed E-state index contributed by atoms with van der Waals surface area (Å²) in [6, 6.07) is 17.1. The molecule has 0 saturated heterocycles. The van der Waals surface area contributed by atoms with Crippen LogP contribution in [-0.4, -0.2) is 52.4 Å². The third-order valence-electron chi connectivity index (χ3n) is 5.58. The van der Waals surface area contributed by atoms with E-state index in [-0.39, 0.29) is 18.5 Å². The fraction of sp³-hybridized carbons (Fsp3) is 0.393. The van der Waals surface area contributed by atoms with Gasteiger partial charge in [-0.15, -0.1) is 0 Å². The first-order valence-corrected chi connectivity index (χ1v) is 12.3. The number of hydrogen-bond donors (Lipinski definition) is 2. The van der Waals surface area contributed by atoms with E-state index in [0.29, 0.717) is 12.4 Å². The summed E-state index contributed by atoms with van der Waals surface area (Å²) in [6.07, 6.45) is 1.73. The van der Waals surface area contributed by atoms with Crippen LogP contribution in [-0.2, 0) is 4.79 Å². The van der Waals surface area contributed by atoms with Crippen LogP contribution in [0.1, 0.15) is 46.2 Å². The monoisotopic (exact) mass is 491 g/mol. The van der Waals surface area contributed by atoms with Crippen LogP contribution < -0.4 is 15.4 Å². The quantitative estimate of drug-likeness (QED) is 0.419. The summed E-state index contributed by atoms with van der Waals surface area (Å²) in [5.74, 6) is 0.996. The number of benzene rings is 2. The molecule has 1 aromatic heterocycles. The van der Waals surface area contributed by atoms with Gasteiger partial charge >= 0.3 is 6.03 Å². The Hall–Kier alpha value is -3.81. The van der Waals surface area contributed by atoms with Crippen molar-refractivity contribution in [3.8, 4) is 22.6 Å². The van der Waals surface area contributed by atoms with Gasteiger partial charge < -0.3 is 20.3 Å². The molecule has 0 saturated carbocycles. The minimum atomic E-state index is -0.400. The zero-order chi connectivity index (χ0) is 26.3. The maximum absolute atomic E-state index is 13.3. The van der Waals surface area contributed by atoms with E-state index in [4.69, 9.17) is 9.84 Å². The molecule has 0 aliphatic heterocycles. The van der Waals surface area contributed by atoms with Crippen LogP contribution >= 0.6 is 0 Å². The molecule has 0 unspecified atom stereocenters. The number of amides is 3. The van der Waals surface area contributed by atoms with Crippen molar-refractivity contribution in [2.75, 3.05) is 25.5 Å². The Morgan fingerprint density at radius 2 is 1.72 bits per heavy atom. The zero-order valence-electron chi connectivity index (χ0n) is 22.1. The number of urea groups is 1. The van der Waals surface area contributed by atoms with Crippen LogP contribution in [0, 0.1) is 6.92 Å². The number of ether oxygens (including phenoxy) is 1. The maximum Gasteiger partial charge on any atom is 0.318 e. The summed E-state index contributed by atoms with van der Waals surface area (Å²) in [7, 11) is 1.62. The largest absolute Gasteiger partial charge is 0.497 e. The summed E-state index contributed by atoms with van der Waals surface area (Å²) < 4.78 is 7.01. The predicted octanol–water partition coefficient (Wildman–Crippen LogP) is 5.41. The van der Waals surface area contributed by atoms with Gasteiger partial charge in [0.05, 0.1) is 18.5 Å². The number of methoxy groups -OCH3 is 1. The van der Waals surface area contributed by atoms with Crippen LogP contribution in [0.5, 0.6) is 5.75 Å². The lowest BCUT2D eigenvalue weighted by atomic mass is 10.1. The van der Waals surface area contributed by atoms with Gasteiger partial charge in [0.2, 0.25) is 5.91 Å². The number of hydrogen-bond acceptors (Lipinski definition) is 4. The number of nitrogens with one attached hydrogen (secondary N) is 2. The van der Waals surface area contributed by atoms with Gasteiger partial charge in [0.1, 0.15) is 18.1 Å². The number of rotatable bonds is 9. The second-order valence-electron chi connectivity index (χ2n) is 9.79. The first-order valence-electron chi connectivity index (χ1n) is 12.3. The SMILES string of the molecule is CCCCN(CC(=O)Nc1c(-c2ccccc2)c(C)nn1-c1ccc(OC)cc1)C(=O)NC(C)(C)C. The van der Waals surface area contributed by atoms with Gasteiger partial charge in [-0.05, 0) is 63.9 Å². The molecule has 3 amide bonds.